The molecule has 118 valence electrons. The lowest BCUT2D eigenvalue weighted by molar-refractivity contribution is -0.109. The lowest BCUT2D eigenvalue weighted by Gasteiger charge is -2.10. The van der Waals surface area contributed by atoms with Crippen molar-refractivity contribution in [3.63, 3.8) is 0 Å². The molecule has 0 aromatic carbocycles. The topological polar surface area (TPSA) is 78.1 Å². The maximum Gasteiger partial charge on any atom is 0.207 e. The minimum Gasteiger partial charge on any atom is -0.385 e. The van der Waals surface area contributed by atoms with Crippen molar-refractivity contribution in [2.45, 2.75) is 0 Å². The average Bonchev–Trinajstić information content (AvgIpc) is 2.45. The van der Waals surface area contributed by atoms with Gasteiger partial charge in [-0.1, -0.05) is 6.58 Å². The molecule has 0 fully saturated rings. The summed E-state index contributed by atoms with van der Waals surface area (Å²) in [6.45, 7) is 8.77. The Balaban J connectivity index is 3.14. The highest BCUT2D eigenvalue weighted by Crippen LogP contribution is 1.87. The summed E-state index contributed by atoms with van der Waals surface area (Å²) >= 11 is 0. The minimum absolute atomic E-state index is 0.439. The lowest BCUT2D eigenvalue weighted by Crippen LogP contribution is -2.23. The van der Waals surface area contributed by atoms with Crippen LogP contribution in [-0.2, 0) is 23.7 Å². The van der Waals surface area contributed by atoms with Crippen molar-refractivity contribution in [1.82, 2.24) is 10.6 Å². The van der Waals surface area contributed by atoms with Gasteiger partial charge in [-0.3, -0.25) is 4.79 Å². The van der Waals surface area contributed by atoms with Gasteiger partial charge in [0.15, 0.2) is 0 Å². The number of carbonyl (C=O) groups excluding carboxylic acids is 1. The Morgan fingerprint density at radius 3 is 2.35 bits per heavy atom. The number of hydrogen-bond acceptors (Lipinski definition) is 6. The van der Waals surface area contributed by atoms with Gasteiger partial charge in [0.1, 0.15) is 0 Å². The maximum absolute atomic E-state index is 9.95. The molecule has 0 aromatic rings. The summed E-state index contributed by atoms with van der Waals surface area (Å²) in [5.41, 5.74) is 0.808. The molecule has 0 spiro atoms. The molecule has 0 saturated carbocycles. The van der Waals surface area contributed by atoms with Crippen LogP contribution in [0.1, 0.15) is 0 Å². The smallest absolute Gasteiger partial charge is 0.207 e. The Kier molecular flexibility index (Phi) is 15.0. The molecule has 0 atom stereocenters. The standard InChI is InChI=1S/C13H26N2O5/c1-13(15-4-6-19-8-7-17-2)11-20-10-9-18-5-3-14-12-16/h12,15H,1,3-11H2,2H3,(H,14,16). The summed E-state index contributed by atoms with van der Waals surface area (Å²) < 4.78 is 20.7. The number of rotatable bonds is 16. The van der Waals surface area contributed by atoms with Gasteiger partial charge in [0.05, 0.1) is 46.2 Å². The van der Waals surface area contributed by atoms with E-state index in [9.17, 15) is 4.79 Å². The predicted molar refractivity (Wildman–Crippen MR) is 75.5 cm³/mol. The van der Waals surface area contributed by atoms with Crippen molar-refractivity contribution >= 4 is 6.41 Å². The van der Waals surface area contributed by atoms with Crippen LogP contribution in [0.5, 0.6) is 0 Å². The molecule has 0 aliphatic carbocycles. The van der Waals surface area contributed by atoms with Crippen LogP contribution < -0.4 is 10.6 Å². The van der Waals surface area contributed by atoms with Gasteiger partial charge in [0, 0.05) is 25.9 Å². The second-order valence-corrected chi connectivity index (χ2v) is 3.87. The largest absolute Gasteiger partial charge is 0.385 e. The lowest BCUT2D eigenvalue weighted by atomic mass is 10.5. The minimum atomic E-state index is 0.439. The Morgan fingerprint density at radius 1 is 1.00 bits per heavy atom. The molecular formula is C13H26N2O5. The van der Waals surface area contributed by atoms with E-state index in [2.05, 4.69) is 17.2 Å². The number of hydrogen-bond donors (Lipinski definition) is 2. The van der Waals surface area contributed by atoms with E-state index >= 15 is 0 Å². The number of methoxy groups -OCH3 is 1. The van der Waals surface area contributed by atoms with Gasteiger partial charge < -0.3 is 29.6 Å². The Bertz CT molecular complexity index is 239. The first kappa shape index (κ1) is 18.9. The number of ether oxygens (including phenoxy) is 4. The maximum atomic E-state index is 9.95. The molecular weight excluding hydrogens is 264 g/mol. The molecule has 0 heterocycles. The molecule has 0 aromatic heterocycles. The van der Waals surface area contributed by atoms with E-state index in [0.29, 0.717) is 65.7 Å². The summed E-state index contributed by atoms with van der Waals surface area (Å²) in [7, 11) is 1.64. The molecule has 0 rings (SSSR count). The van der Waals surface area contributed by atoms with Crippen LogP contribution in [0.4, 0.5) is 0 Å². The second-order valence-electron chi connectivity index (χ2n) is 3.87. The zero-order chi connectivity index (χ0) is 14.9. The third-order valence-electron chi connectivity index (χ3n) is 2.18. The second kappa shape index (κ2) is 15.9. The zero-order valence-electron chi connectivity index (χ0n) is 12.2. The fourth-order valence-corrected chi connectivity index (χ4v) is 1.20. The third kappa shape index (κ3) is 14.9. The number of carbonyl (C=O) groups is 1. The van der Waals surface area contributed by atoms with Crippen LogP contribution in [0.15, 0.2) is 12.3 Å². The zero-order valence-corrected chi connectivity index (χ0v) is 12.2. The van der Waals surface area contributed by atoms with Gasteiger partial charge >= 0.3 is 0 Å². The van der Waals surface area contributed by atoms with Gasteiger partial charge in [0.2, 0.25) is 6.41 Å². The van der Waals surface area contributed by atoms with Crippen LogP contribution in [0.25, 0.3) is 0 Å². The van der Waals surface area contributed by atoms with Crippen LogP contribution in [0.2, 0.25) is 0 Å². The molecule has 1 amide bonds. The predicted octanol–water partition coefficient (Wildman–Crippen LogP) is -0.468. The first-order valence-corrected chi connectivity index (χ1v) is 6.62. The molecule has 0 radical (unpaired) electrons. The van der Waals surface area contributed by atoms with Crippen molar-refractivity contribution in [3.05, 3.63) is 12.3 Å². The van der Waals surface area contributed by atoms with Crippen molar-refractivity contribution in [1.29, 1.82) is 0 Å². The molecule has 0 aliphatic rings. The highest BCUT2D eigenvalue weighted by atomic mass is 16.5. The molecule has 7 heteroatoms. The van der Waals surface area contributed by atoms with E-state index in [1.165, 1.54) is 0 Å². The van der Waals surface area contributed by atoms with Crippen LogP contribution >= 0.6 is 0 Å². The number of nitrogens with one attached hydrogen (secondary N) is 2. The Labute approximate surface area is 120 Å². The summed E-state index contributed by atoms with van der Waals surface area (Å²) in [6.07, 6.45) is 0.647. The van der Waals surface area contributed by atoms with Crippen molar-refractivity contribution in [2.24, 2.45) is 0 Å². The van der Waals surface area contributed by atoms with E-state index in [1.54, 1.807) is 7.11 Å². The summed E-state index contributed by atoms with van der Waals surface area (Å²) in [5, 5.41) is 5.61. The Morgan fingerprint density at radius 2 is 1.65 bits per heavy atom. The van der Waals surface area contributed by atoms with Crippen molar-refractivity contribution in [3.8, 4) is 0 Å². The van der Waals surface area contributed by atoms with Crippen LogP contribution in [-0.4, -0.2) is 72.9 Å². The molecule has 0 unspecified atom stereocenters. The van der Waals surface area contributed by atoms with Crippen LogP contribution in [0, 0.1) is 0 Å². The highest BCUT2D eigenvalue weighted by Gasteiger charge is 1.95. The van der Waals surface area contributed by atoms with Gasteiger partial charge in [-0.15, -0.1) is 0 Å². The molecule has 0 saturated heterocycles. The third-order valence-corrected chi connectivity index (χ3v) is 2.18. The average molecular weight is 290 g/mol. The molecule has 20 heavy (non-hydrogen) atoms. The first-order valence-electron chi connectivity index (χ1n) is 6.62. The molecule has 0 bridgehead atoms. The SMILES string of the molecule is C=C(COCCOCCNC=O)NCCOCCOC. The normalized spacial score (nSPS) is 10.2. The first-order chi connectivity index (χ1) is 9.81. The summed E-state index contributed by atoms with van der Waals surface area (Å²) in [6, 6.07) is 0. The van der Waals surface area contributed by atoms with E-state index < -0.39 is 0 Å². The summed E-state index contributed by atoms with van der Waals surface area (Å²) in [5.74, 6) is 0. The Hall–Kier alpha value is -1.15. The van der Waals surface area contributed by atoms with E-state index in [-0.39, 0.29) is 0 Å². The van der Waals surface area contributed by atoms with E-state index in [1.807, 2.05) is 0 Å². The molecule has 7 nitrogen and oxygen atoms in total. The van der Waals surface area contributed by atoms with Crippen molar-refractivity contribution < 1.29 is 23.7 Å². The molecule has 0 aliphatic heterocycles. The van der Waals surface area contributed by atoms with Crippen molar-refractivity contribution in [2.75, 3.05) is 66.4 Å². The fourth-order valence-electron chi connectivity index (χ4n) is 1.20. The highest BCUT2D eigenvalue weighted by molar-refractivity contribution is 5.45. The molecule has 2 N–H and O–H groups in total. The summed E-state index contributed by atoms with van der Waals surface area (Å²) in [4.78, 5) is 9.95. The van der Waals surface area contributed by atoms with E-state index in [0.717, 1.165) is 5.70 Å². The fraction of sp³-hybridized carbons (Fsp3) is 0.769. The van der Waals surface area contributed by atoms with Gasteiger partial charge in [-0.2, -0.15) is 0 Å². The number of amides is 1. The van der Waals surface area contributed by atoms with Gasteiger partial charge in [-0.25, -0.2) is 0 Å². The van der Waals surface area contributed by atoms with Crippen LogP contribution in [0.3, 0.4) is 0 Å². The van der Waals surface area contributed by atoms with Gasteiger partial charge in [-0.05, 0) is 0 Å². The quantitative estimate of drug-likeness (QED) is 0.296. The van der Waals surface area contributed by atoms with E-state index in [4.69, 9.17) is 18.9 Å². The monoisotopic (exact) mass is 290 g/mol. The van der Waals surface area contributed by atoms with Gasteiger partial charge in [0.25, 0.3) is 0 Å².